The molecule has 0 radical (unpaired) electrons. The van der Waals surface area contributed by atoms with Crippen LogP contribution in [0.3, 0.4) is 0 Å². The van der Waals surface area contributed by atoms with Gasteiger partial charge in [-0.3, -0.25) is 4.90 Å². The lowest BCUT2D eigenvalue weighted by Crippen LogP contribution is -2.49. The van der Waals surface area contributed by atoms with Gasteiger partial charge in [-0.05, 0) is 24.3 Å². The molecule has 2 atom stereocenters. The Hall–Kier alpha value is -2.28. The number of para-hydroxylation sites is 3. The van der Waals surface area contributed by atoms with Gasteiger partial charge in [0.25, 0.3) is 0 Å². The van der Waals surface area contributed by atoms with Crippen molar-refractivity contribution in [2.75, 3.05) is 57.4 Å². The van der Waals surface area contributed by atoms with Crippen LogP contribution in [0.15, 0.2) is 54.6 Å². The first-order valence-electron chi connectivity index (χ1n) is 9.94. The van der Waals surface area contributed by atoms with Crippen molar-refractivity contribution in [3.8, 4) is 11.5 Å². The van der Waals surface area contributed by atoms with Gasteiger partial charge in [0.2, 0.25) is 0 Å². The van der Waals surface area contributed by atoms with E-state index < -0.39 is 6.10 Å². The van der Waals surface area contributed by atoms with Crippen molar-refractivity contribution >= 4 is 5.69 Å². The van der Waals surface area contributed by atoms with Crippen LogP contribution in [0.5, 0.6) is 11.5 Å². The summed E-state index contributed by atoms with van der Waals surface area (Å²) in [5.74, 6) is 1.52. The summed E-state index contributed by atoms with van der Waals surface area (Å²) in [5.41, 5.74) is 1.27. The van der Waals surface area contributed by atoms with Crippen molar-refractivity contribution in [3.63, 3.8) is 0 Å². The highest BCUT2D eigenvalue weighted by molar-refractivity contribution is 5.46. The summed E-state index contributed by atoms with van der Waals surface area (Å²) < 4.78 is 17.2. The quantitative estimate of drug-likeness (QED) is 0.788. The first-order valence-corrected chi connectivity index (χ1v) is 9.94. The second-order valence-corrected chi connectivity index (χ2v) is 7.31. The van der Waals surface area contributed by atoms with Crippen LogP contribution in [0.1, 0.15) is 0 Å². The number of β-amino-alcohol motifs (C(OH)–C–C–N with tert-alkyl or cyclic N) is 1. The van der Waals surface area contributed by atoms with Gasteiger partial charge in [-0.15, -0.1) is 0 Å². The number of benzene rings is 2. The number of hydrogen-bond donors (Lipinski definition) is 1. The molecule has 0 aliphatic carbocycles. The first-order chi connectivity index (χ1) is 13.8. The van der Waals surface area contributed by atoms with Crippen molar-refractivity contribution in [3.05, 3.63) is 54.6 Å². The van der Waals surface area contributed by atoms with Crippen LogP contribution in [-0.2, 0) is 4.74 Å². The van der Waals surface area contributed by atoms with E-state index in [1.807, 2.05) is 30.3 Å². The van der Waals surface area contributed by atoms with Gasteiger partial charge in [0.1, 0.15) is 6.61 Å². The molecule has 6 nitrogen and oxygen atoms in total. The third-order valence-electron chi connectivity index (χ3n) is 5.14. The Morgan fingerprint density at radius 2 is 1.68 bits per heavy atom. The zero-order chi connectivity index (χ0) is 19.2. The van der Waals surface area contributed by atoms with Crippen molar-refractivity contribution in [2.24, 2.45) is 0 Å². The van der Waals surface area contributed by atoms with E-state index in [2.05, 4.69) is 34.1 Å². The fourth-order valence-electron chi connectivity index (χ4n) is 3.66. The minimum absolute atomic E-state index is 0.142. The van der Waals surface area contributed by atoms with Gasteiger partial charge in [0, 0.05) is 38.4 Å². The van der Waals surface area contributed by atoms with E-state index in [4.69, 9.17) is 14.2 Å². The van der Waals surface area contributed by atoms with E-state index in [0.717, 1.165) is 37.7 Å². The van der Waals surface area contributed by atoms with Gasteiger partial charge < -0.3 is 24.2 Å². The van der Waals surface area contributed by atoms with Gasteiger partial charge >= 0.3 is 0 Å². The molecule has 1 fully saturated rings. The Labute approximate surface area is 166 Å². The van der Waals surface area contributed by atoms with Crippen LogP contribution in [0.25, 0.3) is 0 Å². The fraction of sp³-hybridized carbons (Fsp3) is 0.455. The zero-order valence-electron chi connectivity index (χ0n) is 16.1. The molecule has 2 aromatic rings. The summed E-state index contributed by atoms with van der Waals surface area (Å²) in [6, 6.07) is 18.1. The molecule has 0 spiro atoms. The largest absolute Gasteiger partial charge is 0.486 e. The van der Waals surface area contributed by atoms with Crippen LogP contribution in [0.2, 0.25) is 0 Å². The first kappa shape index (κ1) is 19.1. The maximum absolute atomic E-state index is 10.3. The minimum Gasteiger partial charge on any atom is -0.486 e. The maximum atomic E-state index is 10.3. The zero-order valence-corrected chi connectivity index (χ0v) is 16.1. The summed E-state index contributed by atoms with van der Waals surface area (Å²) in [7, 11) is 0. The molecule has 4 rings (SSSR count). The normalized spacial score (nSPS) is 20.8. The molecule has 0 bridgehead atoms. The lowest BCUT2D eigenvalue weighted by atomic mass is 10.2. The lowest BCUT2D eigenvalue weighted by molar-refractivity contribution is -0.0292. The van der Waals surface area contributed by atoms with Crippen molar-refractivity contribution in [1.82, 2.24) is 4.90 Å². The van der Waals surface area contributed by atoms with Crippen LogP contribution < -0.4 is 14.4 Å². The standard InChI is InChI=1S/C22H28N2O4/c25-19(14-23-10-12-24(13-11-23)18-6-2-1-3-7-18)15-26-16-20-17-27-21-8-4-5-9-22(21)28-20/h1-9,19-20,25H,10-17H2/t19-,20+/m1/s1. The molecule has 2 aliphatic heterocycles. The molecule has 1 N–H and O–H groups in total. The highest BCUT2D eigenvalue weighted by Gasteiger charge is 2.22. The van der Waals surface area contributed by atoms with Crippen LogP contribution in [-0.4, -0.2) is 74.8 Å². The fourth-order valence-corrected chi connectivity index (χ4v) is 3.66. The smallest absolute Gasteiger partial charge is 0.161 e. The number of nitrogens with zero attached hydrogens (tertiary/aromatic N) is 2. The summed E-state index contributed by atoms with van der Waals surface area (Å²) in [6.07, 6.45) is -0.642. The van der Waals surface area contributed by atoms with Gasteiger partial charge in [-0.25, -0.2) is 0 Å². The number of piperazine rings is 1. The number of ether oxygens (including phenoxy) is 3. The maximum Gasteiger partial charge on any atom is 0.161 e. The van der Waals surface area contributed by atoms with E-state index in [1.54, 1.807) is 0 Å². The predicted octanol–water partition coefficient (Wildman–Crippen LogP) is 2.03. The molecule has 0 aromatic heterocycles. The van der Waals surface area contributed by atoms with Gasteiger partial charge in [-0.2, -0.15) is 0 Å². The molecule has 28 heavy (non-hydrogen) atoms. The van der Waals surface area contributed by atoms with E-state index in [1.165, 1.54) is 5.69 Å². The number of hydrogen-bond acceptors (Lipinski definition) is 6. The molecule has 150 valence electrons. The Balaban J connectivity index is 1.14. The Morgan fingerprint density at radius 3 is 2.46 bits per heavy atom. The molecule has 0 saturated carbocycles. The highest BCUT2D eigenvalue weighted by Crippen LogP contribution is 2.30. The van der Waals surface area contributed by atoms with Gasteiger partial charge in [0.05, 0.1) is 19.3 Å². The van der Waals surface area contributed by atoms with E-state index in [9.17, 15) is 5.11 Å². The third-order valence-corrected chi connectivity index (χ3v) is 5.14. The summed E-state index contributed by atoms with van der Waals surface area (Å²) in [6.45, 7) is 5.66. The van der Waals surface area contributed by atoms with Gasteiger partial charge in [-0.1, -0.05) is 30.3 Å². The molecular weight excluding hydrogens is 356 g/mol. The second kappa shape index (κ2) is 9.28. The second-order valence-electron chi connectivity index (χ2n) is 7.31. The van der Waals surface area contributed by atoms with Crippen molar-refractivity contribution in [2.45, 2.75) is 12.2 Å². The van der Waals surface area contributed by atoms with Crippen LogP contribution in [0.4, 0.5) is 5.69 Å². The Morgan fingerprint density at radius 1 is 0.964 bits per heavy atom. The Kier molecular flexibility index (Phi) is 6.31. The molecule has 0 unspecified atom stereocenters. The molecular formula is C22H28N2O4. The third kappa shape index (κ3) is 4.95. The van der Waals surface area contributed by atoms with E-state index in [-0.39, 0.29) is 6.10 Å². The number of anilines is 1. The molecule has 6 heteroatoms. The molecule has 2 aromatic carbocycles. The average Bonchev–Trinajstić information content (AvgIpc) is 2.75. The molecule has 1 saturated heterocycles. The van der Waals surface area contributed by atoms with Crippen molar-refractivity contribution in [1.29, 1.82) is 0 Å². The summed E-state index contributed by atoms with van der Waals surface area (Å²) in [4.78, 5) is 4.68. The molecule has 0 amide bonds. The monoisotopic (exact) mass is 384 g/mol. The summed E-state index contributed by atoms with van der Waals surface area (Å²) in [5, 5.41) is 10.3. The lowest BCUT2D eigenvalue weighted by Gasteiger charge is -2.36. The minimum atomic E-state index is -0.500. The topological polar surface area (TPSA) is 54.4 Å². The van der Waals surface area contributed by atoms with Crippen molar-refractivity contribution < 1.29 is 19.3 Å². The Bertz CT molecular complexity index is 734. The average molecular weight is 384 g/mol. The number of rotatable bonds is 7. The van der Waals surface area contributed by atoms with Crippen LogP contribution >= 0.6 is 0 Å². The number of aliphatic hydroxyl groups is 1. The van der Waals surface area contributed by atoms with Gasteiger partial charge in [0.15, 0.2) is 17.6 Å². The SMILES string of the molecule is O[C@@H](COC[C@H]1COc2ccccc2O1)CN1CCN(c2ccccc2)CC1. The highest BCUT2D eigenvalue weighted by atomic mass is 16.6. The molecule has 2 aliphatic rings. The van der Waals surface area contributed by atoms with Crippen LogP contribution in [0, 0.1) is 0 Å². The number of fused-ring (bicyclic) bond motifs is 1. The summed E-state index contributed by atoms with van der Waals surface area (Å²) >= 11 is 0. The number of aliphatic hydroxyl groups excluding tert-OH is 1. The van der Waals surface area contributed by atoms with E-state index >= 15 is 0 Å². The van der Waals surface area contributed by atoms with E-state index in [0.29, 0.717) is 26.4 Å². The predicted molar refractivity (Wildman–Crippen MR) is 108 cm³/mol. The molecule has 2 heterocycles.